The highest BCUT2D eigenvalue weighted by molar-refractivity contribution is 7.89. The summed E-state index contributed by atoms with van der Waals surface area (Å²) in [6.45, 7) is 0. The van der Waals surface area contributed by atoms with Crippen LogP contribution in [-0.2, 0) is 10.0 Å². The second-order valence-electron chi connectivity index (χ2n) is 4.31. The van der Waals surface area contributed by atoms with Gasteiger partial charge in [-0.2, -0.15) is 0 Å². The van der Waals surface area contributed by atoms with Crippen LogP contribution >= 0.6 is 0 Å². The normalized spacial score (nSPS) is 11.5. The van der Waals surface area contributed by atoms with Gasteiger partial charge in [-0.3, -0.25) is 4.98 Å². The Labute approximate surface area is 121 Å². The second-order valence-corrected chi connectivity index (χ2v) is 5.87. The Hall–Kier alpha value is -2.51. The summed E-state index contributed by atoms with van der Waals surface area (Å²) in [6.07, 6.45) is 2.86. The second kappa shape index (κ2) is 5.12. The van der Waals surface area contributed by atoms with E-state index in [0.717, 1.165) is 17.1 Å². The maximum Gasteiger partial charge on any atom is 0.239 e. The molecule has 0 aliphatic carbocycles. The highest BCUT2D eigenvalue weighted by Crippen LogP contribution is 2.27. The van der Waals surface area contributed by atoms with Crippen LogP contribution in [0.5, 0.6) is 11.6 Å². The van der Waals surface area contributed by atoms with Crippen molar-refractivity contribution in [1.82, 2.24) is 9.97 Å². The first kappa shape index (κ1) is 13.5. The lowest BCUT2D eigenvalue weighted by Gasteiger charge is -2.07. The van der Waals surface area contributed by atoms with Gasteiger partial charge in [0, 0.05) is 17.6 Å². The first-order chi connectivity index (χ1) is 10.0. The van der Waals surface area contributed by atoms with Crippen LogP contribution in [0.15, 0.2) is 59.8 Å². The van der Waals surface area contributed by atoms with Gasteiger partial charge in [0.25, 0.3) is 0 Å². The van der Waals surface area contributed by atoms with Gasteiger partial charge in [-0.05, 0) is 30.3 Å². The molecule has 0 fully saturated rings. The van der Waals surface area contributed by atoms with E-state index in [-0.39, 0.29) is 10.8 Å². The molecule has 2 heterocycles. The van der Waals surface area contributed by atoms with Crippen molar-refractivity contribution >= 4 is 20.9 Å². The molecule has 106 valence electrons. The molecule has 0 unspecified atom stereocenters. The van der Waals surface area contributed by atoms with Gasteiger partial charge < -0.3 is 4.74 Å². The van der Waals surface area contributed by atoms with Crippen LogP contribution < -0.4 is 9.88 Å². The predicted octanol–water partition coefficient (Wildman–Crippen LogP) is 2.07. The highest BCUT2D eigenvalue weighted by Gasteiger charge is 2.09. The Balaban J connectivity index is 1.96. The van der Waals surface area contributed by atoms with Gasteiger partial charge in [-0.15, -0.1) is 0 Å². The monoisotopic (exact) mass is 301 g/mol. The number of nitrogens with two attached hydrogens (primary N) is 1. The van der Waals surface area contributed by atoms with Gasteiger partial charge in [-0.1, -0.05) is 6.07 Å². The van der Waals surface area contributed by atoms with Crippen LogP contribution in [0.1, 0.15) is 0 Å². The van der Waals surface area contributed by atoms with Crippen LogP contribution in [0.4, 0.5) is 0 Å². The summed E-state index contributed by atoms with van der Waals surface area (Å²) in [7, 11) is -3.76. The van der Waals surface area contributed by atoms with Crippen molar-refractivity contribution in [1.29, 1.82) is 0 Å². The Morgan fingerprint density at radius 2 is 1.86 bits per heavy atom. The Kier molecular flexibility index (Phi) is 3.28. The number of benzene rings is 1. The van der Waals surface area contributed by atoms with Crippen LogP contribution in [0.2, 0.25) is 0 Å². The van der Waals surface area contributed by atoms with Gasteiger partial charge in [0.1, 0.15) is 10.6 Å². The summed E-state index contributed by atoms with van der Waals surface area (Å²) >= 11 is 0. The fraction of sp³-hybridized carbons (Fsp3) is 0. The number of ether oxygens (including phenoxy) is 1. The molecule has 7 heteroatoms. The molecule has 6 nitrogen and oxygen atoms in total. The fourth-order valence-electron chi connectivity index (χ4n) is 1.87. The zero-order valence-electron chi connectivity index (χ0n) is 10.8. The maximum absolute atomic E-state index is 11.2. The molecule has 0 amide bonds. The maximum atomic E-state index is 11.2. The lowest BCUT2D eigenvalue weighted by Crippen LogP contribution is -2.12. The van der Waals surface area contributed by atoms with Crippen molar-refractivity contribution in [2.24, 2.45) is 5.14 Å². The van der Waals surface area contributed by atoms with E-state index in [0.29, 0.717) is 5.75 Å². The molecular weight excluding hydrogens is 290 g/mol. The lowest BCUT2D eigenvalue weighted by molar-refractivity contribution is 0.467. The van der Waals surface area contributed by atoms with Gasteiger partial charge in [0.15, 0.2) is 0 Å². The number of hydrogen-bond donors (Lipinski definition) is 1. The molecule has 0 aliphatic rings. The minimum Gasteiger partial charge on any atom is -0.438 e. The van der Waals surface area contributed by atoms with Crippen LogP contribution in [0.25, 0.3) is 10.9 Å². The molecule has 1 aromatic carbocycles. The van der Waals surface area contributed by atoms with E-state index in [1.807, 2.05) is 24.3 Å². The van der Waals surface area contributed by atoms with E-state index in [9.17, 15) is 8.42 Å². The molecule has 3 aromatic rings. The van der Waals surface area contributed by atoms with Crippen molar-refractivity contribution in [2.75, 3.05) is 0 Å². The van der Waals surface area contributed by atoms with Crippen LogP contribution in [0.3, 0.4) is 0 Å². The predicted molar refractivity (Wildman–Crippen MR) is 77.4 cm³/mol. The first-order valence-corrected chi connectivity index (χ1v) is 7.59. The third kappa shape index (κ3) is 2.83. The minimum atomic E-state index is -3.76. The smallest absolute Gasteiger partial charge is 0.239 e. The Morgan fingerprint density at radius 3 is 2.57 bits per heavy atom. The van der Waals surface area contributed by atoms with Gasteiger partial charge in [0.2, 0.25) is 15.9 Å². The first-order valence-electron chi connectivity index (χ1n) is 6.04. The van der Waals surface area contributed by atoms with Crippen molar-refractivity contribution in [2.45, 2.75) is 4.90 Å². The summed E-state index contributed by atoms with van der Waals surface area (Å²) in [4.78, 5) is 8.12. The largest absolute Gasteiger partial charge is 0.438 e. The molecule has 0 saturated heterocycles. The third-order valence-electron chi connectivity index (χ3n) is 2.86. The summed E-state index contributed by atoms with van der Waals surface area (Å²) in [6, 6.07) is 12.0. The molecule has 2 aromatic heterocycles. The topological polar surface area (TPSA) is 95.2 Å². The van der Waals surface area contributed by atoms with Gasteiger partial charge >= 0.3 is 0 Å². The van der Waals surface area contributed by atoms with Gasteiger partial charge in [0.05, 0.1) is 11.7 Å². The van der Waals surface area contributed by atoms with E-state index in [1.54, 1.807) is 12.3 Å². The number of pyridine rings is 2. The molecular formula is C14H11N3O3S. The minimum absolute atomic E-state index is 0.0607. The molecule has 0 aliphatic heterocycles. The highest BCUT2D eigenvalue weighted by atomic mass is 32.2. The molecule has 2 N–H and O–H groups in total. The quantitative estimate of drug-likeness (QED) is 0.799. The number of nitrogens with zero attached hydrogens (tertiary/aromatic N) is 2. The molecule has 3 rings (SSSR count). The fourth-order valence-corrected chi connectivity index (χ4v) is 2.33. The van der Waals surface area contributed by atoms with Crippen molar-refractivity contribution in [3.63, 3.8) is 0 Å². The average molecular weight is 301 g/mol. The molecule has 0 radical (unpaired) electrons. The summed E-state index contributed by atoms with van der Waals surface area (Å²) in [5.74, 6) is 0.871. The van der Waals surface area contributed by atoms with E-state index >= 15 is 0 Å². The molecule has 0 spiro atoms. The molecule has 0 saturated carbocycles. The Morgan fingerprint density at radius 1 is 1.00 bits per heavy atom. The third-order valence-corrected chi connectivity index (χ3v) is 3.76. The van der Waals surface area contributed by atoms with Gasteiger partial charge in [-0.25, -0.2) is 18.5 Å². The number of fused-ring (bicyclic) bond motifs is 1. The zero-order chi connectivity index (χ0) is 14.9. The number of hydrogen-bond acceptors (Lipinski definition) is 5. The summed E-state index contributed by atoms with van der Waals surface area (Å²) in [5, 5.41) is 5.86. The van der Waals surface area contributed by atoms with Crippen molar-refractivity contribution < 1.29 is 13.2 Å². The SMILES string of the molecule is NS(=O)(=O)c1ccc(Oc2cccc3ncccc23)nc1. The molecule has 21 heavy (non-hydrogen) atoms. The average Bonchev–Trinajstić information content (AvgIpc) is 2.47. The standard InChI is InChI=1S/C14H11N3O3S/c15-21(18,19)10-6-7-14(17-9-10)20-13-5-1-4-12-11(13)3-2-8-16-12/h1-9H,(H2,15,18,19). The number of primary sulfonamides is 1. The van der Waals surface area contributed by atoms with E-state index < -0.39 is 10.0 Å². The van der Waals surface area contributed by atoms with Crippen LogP contribution in [0, 0.1) is 0 Å². The molecule has 0 bridgehead atoms. The van der Waals surface area contributed by atoms with Crippen molar-refractivity contribution in [3.05, 3.63) is 54.9 Å². The van der Waals surface area contributed by atoms with E-state index in [1.165, 1.54) is 12.1 Å². The van der Waals surface area contributed by atoms with Crippen molar-refractivity contribution in [3.8, 4) is 11.6 Å². The number of sulfonamides is 1. The summed E-state index contributed by atoms with van der Waals surface area (Å²) < 4.78 is 28.0. The van der Waals surface area contributed by atoms with E-state index in [4.69, 9.17) is 9.88 Å². The number of rotatable bonds is 3. The number of aromatic nitrogens is 2. The lowest BCUT2D eigenvalue weighted by atomic mass is 10.2. The Bertz CT molecular complexity index is 887. The van der Waals surface area contributed by atoms with Crippen LogP contribution in [-0.4, -0.2) is 18.4 Å². The van der Waals surface area contributed by atoms with E-state index in [2.05, 4.69) is 9.97 Å². The zero-order valence-corrected chi connectivity index (χ0v) is 11.6. The molecule has 0 atom stereocenters. The summed E-state index contributed by atoms with van der Waals surface area (Å²) in [5.41, 5.74) is 0.802.